The molecule has 3 aliphatic rings. The van der Waals surface area contributed by atoms with Crippen LogP contribution in [0.3, 0.4) is 0 Å². The van der Waals surface area contributed by atoms with Crippen molar-refractivity contribution in [3.05, 3.63) is 25.3 Å². The van der Waals surface area contributed by atoms with Gasteiger partial charge in [0.05, 0.1) is 35.8 Å². The van der Waals surface area contributed by atoms with Crippen LogP contribution in [0.5, 0.6) is 0 Å². The van der Waals surface area contributed by atoms with Gasteiger partial charge in [-0.25, -0.2) is 0 Å². The number of esters is 1. The summed E-state index contributed by atoms with van der Waals surface area (Å²) >= 11 is 1.64. The number of carbonyl (C=O) groups is 3. The zero-order chi connectivity index (χ0) is 28.5. The van der Waals surface area contributed by atoms with Crippen LogP contribution in [0.25, 0.3) is 0 Å². The van der Waals surface area contributed by atoms with Gasteiger partial charge in [-0.05, 0) is 72.1 Å². The quantitative estimate of drug-likeness (QED) is 0.206. The second kappa shape index (κ2) is 11.7. The molecule has 1 N–H and O–H groups in total. The first-order chi connectivity index (χ1) is 17.8. The average Bonchev–Trinajstić information content (AvgIpc) is 3.40. The van der Waals surface area contributed by atoms with E-state index >= 15 is 0 Å². The number of amides is 2. The Balaban J connectivity index is 2.05. The molecule has 0 aromatic heterocycles. The van der Waals surface area contributed by atoms with E-state index in [0.29, 0.717) is 26.0 Å². The fourth-order valence-electron chi connectivity index (χ4n) is 6.84. The molecule has 3 saturated heterocycles. The smallest absolute Gasteiger partial charge is 0.311 e. The lowest BCUT2D eigenvalue weighted by Gasteiger charge is -2.43. The molecular weight excluding hydrogens is 500 g/mol. The number of hydrogen-bond acceptors (Lipinski definition) is 6. The Kier molecular flexibility index (Phi) is 9.50. The van der Waals surface area contributed by atoms with Gasteiger partial charge in [-0.15, -0.1) is 24.9 Å². The molecule has 38 heavy (non-hydrogen) atoms. The highest BCUT2D eigenvalue weighted by Crippen LogP contribution is 2.72. The average molecular weight is 549 g/mol. The number of carbonyl (C=O) groups excluding carboxylic acids is 3. The molecular formula is C30H48N2O5S. The summed E-state index contributed by atoms with van der Waals surface area (Å²) in [6.45, 7) is 20.1. The second-order valence-corrected chi connectivity index (χ2v) is 14.7. The Morgan fingerprint density at radius 1 is 1.24 bits per heavy atom. The molecule has 214 valence electrons. The largest absolute Gasteiger partial charge is 0.465 e. The Morgan fingerprint density at radius 3 is 2.47 bits per heavy atom. The topological polar surface area (TPSA) is 87.1 Å². The van der Waals surface area contributed by atoms with E-state index < -0.39 is 39.0 Å². The zero-order valence-electron chi connectivity index (χ0n) is 24.2. The fourth-order valence-corrected chi connectivity index (χ4v) is 9.16. The number of aliphatic hydroxyl groups is 1. The minimum absolute atomic E-state index is 0.134. The number of allylic oxidation sites excluding steroid dienone is 1. The Labute approximate surface area is 233 Å². The van der Waals surface area contributed by atoms with E-state index in [1.165, 1.54) is 0 Å². The van der Waals surface area contributed by atoms with E-state index in [-0.39, 0.29) is 30.3 Å². The lowest BCUT2D eigenvalue weighted by molar-refractivity contribution is -0.156. The SMILES string of the molecule is C=CCCCCOC(=O)[C@H]1[C@H]2C(=O)N([C@@H](CO)CC(C)C)C(C(=O)N(CC=C)C(C)(C)C)C23CC[C@]1(C)S3. The predicted octanol–water partition coefficient (Wildman–Crippen LogP) is 4.59. The van der Waals surface area contributed by atoms with Gasteiger partial charge in [0.2, 0.25) is 11.8 Å². The second-order valence-electron chi connectivity index (χ2n) is 12.8. The number of thioether (sulfide) groups is 1. The van der Waals surface area contributed by atoms with Gasteiger partial charge in [-0.2, -0.15) is 0 Å². The number of nitrogens with zero attached hydrogens (tertiary/aromatic N) is 2. The predicted molar refractivity (Wildman–Crippen MR) is 153 cm³/mol. The standard InChI is InChI=1S/C30H48N2O5S/c1-9-11-12-13-17-37-27(36)23-22-25(34)32(21(19-33)18-20(3)4)24(30(22)15-14-29(23,8)38-30)26(35)31(16-10-2)28(5,6)7/h9-10,20-24,33H,1-2,11-19H2,3-8H3/t21-,22+,23-,24?,29+,30?/m1/s1. The van der Waals surface area contributed by atoms with Crippen LogP contribution < -0.4 is 0 Å². The highest BCUT2D eigenvalue weighted by molar-refractivity contribution is 8.02. The molecule has 3 rings (SSSR count). The van der Waals surface area contributed by atoms with Crippen LogP contribution in [-0.2, 0) is 19.1 Å². The van der Waals surface area contributed by atoms with Gasteiger partial charge >= 0.3 is 5.97 Å². The van der Waals surface area contributed by atoms with Crippen molar-refractivity contribution in [2.45, 2.75) is 107 Å². The third kappa shape index (κ3) is 5.45. The molecule has 0 aromatic carbocycles. The maximum atomic E-state index is 14.5. The summed E-state index contributed by atoms with van der Waals surface area (Å²) in [5.41, 5.74) is -0.490. The highest BCUT2D eigenvalue weighted by Gasteiger charge is 2.78. The minimum Gasteiger partial charge on any atom is -0.465 e. The monoisotopic (exact) mass is 548 g/mol. The molecule has 3 fully saturated rings. The van der Waals surface area contributed by atoms with E-state index in [0.717, 1.165) is 25.7 Å². The van der Waals surface area contributed by atoms with Crippen LogP contribution >= 0.6 is 11.8 Å². The molecule has 0 saturated carbocycles. The molecule has 1 spiro atoms. The maximum Gasteiger partial charge on any atom is 0.311 e. The third-order valence-corrected chi connectivity index (χ3v) is 10.5. The van der Waals surface area contributed by atoms with Crippen LogP contribution in [0.2, 0.25) is 0 Å². The number of rotatable bonds is 13. The Bertz CT molecular complexity index is 930. The van der Waals surface area contributed by atoms with Gasteiger partial charge in [0, 0.05) is 16.8 Å². The summed E-state index contributed by atoms with van der Waals surface area (Å²) < 4.78 is 4.55. The molecule has 2 unspecified atom stereocenters. The highest BCUT2D eigenvalue weighted by atomic mass is 32.2. The number of aliphatic hydroxyl groups excluding tert-OH is 1. The molecule has 0 aliphatic carbocycles. The zero-order valence-corrected chi connectivity index (χ0v) is 25.0. The summed E-state index contributed by atoms with van der Waals surface area (Å²) in [6, 6.07) is -1.25. The molecule has 8 heteroatoms. The molecule has 2 bridgehead atoms. The summed E-state index contributed by atoms with van der Waals surface area (Å²) in [5, 5.41) is 10.5. The van der Waals surface area contributed by atoms with Gasteiger partial charge in [-0.3, -0.25) is 14.4 Å². The van der Waals surface area contributed by atoms with Crippen molar-refractivity contribution in [3.63, 3.8) is 0 Å². The number of likely N-dealkylation sites (tertiary alicyclic amines) is 1. The minimum atomic E-state index is -0.757. The molecule has 2 amide bonds. The molecule has 6 atom stereocenters. The third-order valence-electron chi connectivity index (χ3n) is 8.48. The Hall–Kier alpha value is -1.80. The van der Waals surface area contributed by atoms with Crippen molar-refractivity contribution in [1.82, 2.24) is 9.80 Å². The molecule has 3 aliphatic heterocycles. The van der Waals surface area contributed by atoms with Crippen LogP contribution in [-0.4, -0.2) is 79.6 Å². The summed E-state index contributed by atoms with van der Waals surface area (Å²) in [4.78, 5) is 45.9. The van der Waals surface area contributed by atoms with Gasteiger partial charge in [0.15, 0.2) is 0 Å². The van der Waals surface area contributed by atoms with Crippen molar-refractivity contribution in [1.29, 1.82) is 0 Å². The molecule has 0 aromatic rings. The van der Waals surface area contributed by atoms with Crippen molar-refractivity contribution >= 4 is 29.5 Å². The number of unbranched alkanes of at least 4 members (excludes halogenated alkanes) is 2. The van der Waals surface area contributed by atoms with E-state index in [9.17, 15) is 19.5 Å². The van der Waals surface area contributed by atoms with Gasteiger partial charge in [-0.1, -0.05) is 26.0 Å². The lowest BCUT2D eigenvalue weighted by Crippen LogP contribution is -2.60. The van der Waals surface area contributed by atoms with Gasteiger partial charge in [0.25, 0.3) is 0 Å². The first-order valence-electron chi connectivity index (χ1n) is 14.1. The van der Waals surface area contributed by atoms with Crippen molar-refractivity contribution in [2.24, 2.45) is 17.8 Å². The normalized spacial score (nSPS) is 30.9. The van der Waals surface area contributed by atoms with E-state index in [1.54, 1.807) is 27.6 Å². The molecule has 7 nitrogen and oxygen atoms in total. The van der Waals surface area contributed by atoms with E-state index in [1.807, 2.05) is 40.7 Å². The van der Waals surface area contributed by atoms with Crippen molar-refractivity contribution in [2.75, 3.05) is 19.8 Å². The summed E-state index contributed by atoms with van der Waals surface area (Å²) in [5.74, 6) is -1.71. The lowest BCUT2D eigenvalue weighted by atomic mass is 9.66. The number of hydrogen-bond donors (Lipinski definition) is 1. The molecule has 3 heterocycles. The first kappa shape index (κ1) is 30.7. The van der Waals surface area contributed by atoms with Crippen LogP contribution in [0, 0.1) is 17.8 Å². The molecule has 0 radical (unpaired) electrons. The summed E-state index contributed by atoms with van der Waals surface area (Å²) in [7, 11) is 0. The van der Waals surface area contributed by atoms with E-state index in [4.69, 9.17) is 4.74 Å². The maximum absolute atomic E-state index is 14.5. The van der Waals surface area contributed by atoms with Crippen LogP contribution in [0.1, 0.15) is 80.1 Å². The number of ether oxygens (including phenoxy) is 1. The van der Waals surface area contributed by atoms with Crippen molar-refractivity contribution in [3.8, 4) is 0 Å². The van der Waals surface area contributed by atoms with E-state index in [2.05, 4.69) is 20.1 Å². The summed E-state index contributed by atoms with van der Waals surface area (Å²) in [6.07, 6.45) is 8.05. The Morgan fingerprint density at radius 2 is 1.92 bits per heavy atom. The van der Waals surface area contributed by atoms with Crippen LogP contribution in [0.4, 0.5) is 0 Å². The fraction of sp³-hybridized carbons (Fsp3) is 0.767. The first-order valence-corrected chi connectivity index (χ1v) is 14.9. The van der Waals surface area contributed by atoms with Gasteiger partial charge < -0.3 is 19.6 Å². The van der Waals surface area contributed by atoms with Crippen molar-refractivity contribution < 1.29 is 24.2 Å². The number of fused-ring (bicyclic) bond motifs is 1. The van der Waals surface area contributed by atoms with Gasteiger partial charge in [0.1, 0.15) is 6.04 Å². The van der Waals surface area contributed by atoms with Crippen LogP contribution in [0.15, 0.2) is 25.3 Å².